The van der Waals surface area contributed by atoms with E-state index in [0.717, 1.165) is 10.2 Å². The molecule has 1 N–H and O–H groups in total. The van der Waals surface area contributed by atoms with Gasteiger partial charge in [-0.2, -0.15) is 5.10 Å². The fraction of sp³-hybridized carbons (Fsp3) is 0.312. The first-order valence-electron chi connectivity index (χ1n) is 7.33. The van der Waals surface area contributed by atoms with Gasteiger partial charge < -0.3 is 10.0 Å². The Balaban J connectivity index is 1.93. The predicted octanol–water partition coefficient (Wildman–Crippen LogP) is 2.63. The fourth-order valence-corrected chi connectivity index (χ4v) is 3.30. The Bertz CT molecular complexity index is 772. The van der Waals surface area contributed by atoms with Gasteiger partial charge in [-0.1, -0.05) is 22.0 Å². The third kappa shape index (κ3) is 2.88. The number of hydrogen-bond donors (Lipinski definition) is 1. The Kier molecular flexibility index (Phi) is 4.21. The van der Waals surface area contributed by atoms with Gasteiger partial charge in [-0.15, -0.1) is 0 Å². The Hall–Kier alpha value is -2.15. The third-order valence-corrected chi connectivity index (χ3v) is 4.58. The summed E-state index contributed by atoms with van der Waals surface area (Å²) in [4.78, 5) is 25.4. The van der Waals surface area contributed by atoms with Crippen LogP contribution in [0.2, 0.25) is 0 Å². The van der Waals surface area contributed by atoms with Crippen LogP contribution in [0.15, 0.2) is 34.9 Å². The average Bonchev–Trinajstić information content (AvgIpc) is 3.13. The molecule has 1 fully saturated rings. The van der Waals surface area contributed by atoms with Crippen molar-refractivity contribution in [3.63, 3.8) is 0 Å². The molecule has 23 heavy (non-hydrogen) atoms. The van der Waals surface area contributed by atoms with Crippen LogP contribution in [0.5, 0.6) is 0 Å². The van der Waals surface area contributed by atoms with Gasteiger partial charge in [-0.05, 0) is 38.0 Å². The van der Waals surface area contributed by atoms with Crippen LogP contribution in [-0.4, -0.2) is 44.3 Å². The number of carboxylic acid groups (broad SMARTS) is 1. The Morgan fingerprint density at radius 3 is 2.87 bits per heavy atom. The maximum absolute atomic E-state index is 12.7. The van der Waals surface area contributed by atoms with E-state index in [2.05, 4.69) is 21.0 Å². The van der Waals surface area contributed by atoms with Crippen molar-refractivity contribution in [3.8, 4) is 5.69 Å². The molecular weight excluding hydrogens is 362 g/mol. The lowest BCUT2D eigenvalue weighted by Crippen LogP contribution is -2.40. The van der Waals surface area contributed by atoms with Gasteiger partial charge in [0.15, 0.2) is 0 Å². The van der Waals surface area contributed by atoms with Crippen LogP contribution >= 0.6 is 15.9 Å². The summed E-state index contributed by atoms with van der Waals surface area (Å²) in [6.07, 6.45) is 2.72. The van der Waals surface area contributed by atoms with E-state index in [1.165, 1.54) is 11.1 Å². The van der Waals surface area contributed by atoms with E-state index in [9.17, 15) is 14.7 Å². The van der Waals surface area contributed by atoms with Gasteiger partial charge in [-0.25, -0.2) is 9.48 Å². The van der Waals surface area contributed by atoms with Crippen LogP contribution in [0, 0.1) is 6.92 Å². The standard InChI is InChI=1S/C16H16BrN3O3/c1-10-13(15(21)19-7-3-6-14(19)16(22)23)9-18-20(10)12-5-2-4-11(17)8-12/h2,4-5,8-9,14H,3,6-7H2,1H3,(H,22,23)/t14-/m0/s1. The maximum Gasteiger partial charge on any atom is 0.326 e. The molecule has 1 amide bonds. The summed E-state index contributed by atoms with van der Waals surface area (Å²) in [5.74, 6) is -1.22. The molecule has 120 valence electrons. The number of aromatic nitrogens is 2. The molecule has 1 saturated heterocycles. The number of carbonyl (C=O) groups is 2. The predicted molar refractivity (Wildman–Crippen MR) is 87.7 cm³/mol. The first-order chi connectivity index (χ1) is 11.0. The molecule has 1 aromatic carbocycles. The smallest absolute Gasteiger partial charge is 0.326 e. The second kappa shape index (κ2) is 6.16. The SMILES string of the molecule is Cc1c(C(=O)N2CCC[C@H]2C(=O)O)cnn1-c1cccc(Br)c1. The second-order valence-corrected chi connectivity index (χ2v) is 6.45. The molecule has 6 nitrogen and oxygen atoms in total. The van der Waals surface area contributed by atoms with Gasteiger partial charge in [0, 0.05) is 11.0 Å². The minimum Gasteiger partial charge on any atom is -0.480 e. The number of rotatable bonds is 3. The monoisotopic (exact) mass is 377 g/mol. The van der Waals surface area contributed by atoms with Crippen molar-refractivity contribution in [1.29, 1.82) is 0 Å². The maximum atomic E-state index is 12.7. The zero-order valence-electron chi connectivity index (χ0n) is 12.6. The Morgan fingerprint density at radius 2 is 2.17 bits per heavy atom. The highest BCUT2D eigenvalue weighted by molar-refractivity contribution is 9.10. The highest BCUT2D eigenvalue weighted by Gasteiger charge is 2.35. The molecule has 3 rings (SSSR count). The molecule has 0 aliphatic carbocycles. The van der Waals surface area contributed by atoms with Crippen molar-refractivity contribution in [2.24, 2.45) is 0 Å². The summed E-state index contributed by atoms with van der Waals surface area (Å²) in [7, 11) is 0. The summed E-state index contributed by atoms with van der Waals surface area (Å²) >= 11 is 3.42. The van der Waals surface area contributed by atoms with E-state index in [0.29, 0.717) is 30.6 Å². The molecular formula is C16H16BrN3O3. The molecule has 0 saturated carbocycles. The molecule has 0 unspecified atom stereocenters. The molecule has 1 aliphatic heterocycles. The highest BCUT2D eigenvalue weighted by atomic mass is 79.9. The first kappa shape index (κ1) is 15.7. The molecule has 1 aliphatic rings. The summed E-state index contributed by atoms with van der Waals surface area (Å²) in [6, 6.07) is 6.87. The van der Waals surface area contributed by atoms with Crippen molar-refractivity contribution in [2.75, 3.05) is 6.54 Å². The number of carbonyl (C=O) groups excluding carboxylic acids is 1. The highest BCUT2D eigenvalue weighted by Crippen LogP contribution is 2.23. The number of halogens is 1. The summed E-state index contributed by atoms with van der Waals surface area (Å²) in [6.45, 7) is 2.28. The van der Waals surface area contributed by atoms with Crippen LogP contribution in [0.25, 0.3) is 5.69 Å². The van der Waals surface area contributed by atoms with Crippen molar-refractivity contribution < 1.29 is 14.7 Å². The lowest BCUT2D eigenvalue weighted by Gasteiger charge is -2.21. The molecule has 0 radical (unpaired) electrons. The van der Waals surface area contributed by atoms with Crippen LogP contribution in [0.4, 0.5) is 0 Å². The van der Waals surface area contributed by atoms with Crippen molar-refractivity contribution in [3.05, 3.63) is 46.2 Å². The molecule has 1 atom stereocenters. The number of carboxylic acids is 1. The summed E-state index contributed by atoms with van der Waals surface area (Å²) in [5.41, 5.74) is 1.98. The number of likely N-dealkylation sites (tertiary alicyclic amines) is 1. The number of nitrogens with zero attached hydrogens (tertiary/aromatic N) is 3. The van der Waals surface area contributed by atoms with E-state index in [1.54, 1.807) is 4.68 Å². The summed E-state index contributed by atoms with van der Waals surface area (Å²) < 4.78 is 2.60. The second-order valence-electron chi connectivity index (χ2n) is 5.53. The molecule has 0 bridgehead atoms. The average molecular weight is 378 g/mol. The topological polar surface area (TPSA) is 75.4 Å². The molecule has 2 aromatic rings. The third-order valence-electron chi connectivity index (χ3n) is 4.09. The Labute approximate surface area is 141 Å². The van der Waals surface area contributed by atoms with E-state index >= 15 is 0 Å². The van der Waals surface area contributed by atoms with Gasteiger partial charge in [0.2, 0.25) is 0 Å². The van der Waals surface area contributed by atoms with Crippen LogP contribution in [-0.2, 0) is 4.79 Å². The quantitative estimate of drug-likeness (QED) is 0.891. The van der Waals surface area contributed by atoms with Crippen molar-refractivity contribution in [1.82, 2.24) is 14.7 Å². The number of benzene rings is 1. The van der Waals surface area contributed by atoms with Gasteiger partial charge in [-0.3, -0.25) is 4.79 Å². The van der Waals surface area contributed by atoms with Crippen molar-refractivity contribution in [2.45, 2.75) is 25.8 Å². The van der Waals surface area contributed by atoms with E-state index in [-0.39, 0.29) is 5.91 Å². The molecule has 7 heteroatoms. The fourth-order valence-electron chi connectivity index (χ4n) is 2.91. The molecule has 2 heterocycles. The largest absolute Gasteiger partial charge is 0.480 e. The summed E-state index contributed by atoms with van der Waals surface area (Å²) in [5, 5.41) is 13.5. The molecule has 1 aromatic heterocycles. The normalized spacial score (nSPS) is 17.5. The van der Waals surface area contributed by atoms with Gasteiger partial charge >= 0.3 is 5.97 Å². The zero-order chi connectivity index (χ0) is 16.6. The van der Waals surface area contributed by atoms with Crippen molar-refractivity contribution >= 4 is 27.8 Å². The van der Waals surface area contributed by atoms with Crippen LogP contribution < -0.4 is 0 Å². The van der Waals surface area contributed by atoms with Gasteiger partial charge in [0.05, 0.1) is 23.1 Å². The van der Waals surface area contributed by atoms with Gasteiger partial charge in [0.25, 0.3) is 5.91 Å². The number of hydrogen-bond acceptors (Lipinski definition) is 3. The Morgan fingerprint density at radius 1 is 1.39 bits per heavy atom. The number of aliphatic carboxylic acids is 1. The van der Waals surface area contributed by atoms with Crippen LogP contribution in [0.1, 0.15) is 28.9 Å². The number of amides is 1. The minimum absolute atomic E-state index is 0.270. The minimum atomic E-state index is -0.951. The zero-order valence-corrected chi connectivity index (χ0v) is 14.2. The first-order valence-corrected chi connectivity index (χ1v) is 8.12. The van der Waals surface area contributed by atoms with Crippen LogP contribution in [0.3, 0.4) is 0 Å². The lowest BCUT2D eigenvalue weighted by atomic mass is 10.2. The van der Waals surface area contributed by atoms with E-state index in [1.807, 2.05) is 31.2 Å². The lowest BCUT2D eigenvalue weighted by molar-refractivity contribution is -0.141. The van der Waals surface area contributed by atoms with Gasteiger partial charge in [0.1, 0.15) is 6.04 Å². The van der Waals surface area contributed by atoms with E-state index in [4.69, 9.17) is 0 Å². The molecule has 0 spiro atoms. The van der Waals surface area contributed by atoms with E-state index < -0.39 is 12.0 Å².